The number of carbonyl (C=O) groups is 1. The van der Waals surface area contributed by atoms with Crippen LogP contribution in [0.2, 0.25) is 0 Å². The van der Waals surface area contributed by atoms with Crippen molar-refractivity contribution in [3.05, 3.63) is 42.1 Å². The second-order valence-electron chi connectivity index (χ2n) is 5.18. The van der Waals surface area contributed by atoms with E-state index in [0.29, 0.717) is 30.2 Å². The Balaban J connectivity index is 1.91. The van der Waals surface area contributed by atoms with Gasteiger partial charge in [-0.05, 0) is 36.8 Å². The van der Waals surface area contributed by atoms with Crippen molar-refractivity contribution >= 4 is 23.1 Å². The van der Waals surface area contributed by atoms with E-state index in [1.54, 1.807) is 30.2 Å². The van der Waals surface area contributed by atoms with Crippen LogP contribution in [0.1, 0.15) is 18.5 Å². The molecule has 0 spiro atoms. The van der Waals surface area contributed by atoms with Crippen molar-refractivity contribution in [1.82, 2.24) is 4.98 Å². The van der Waals surface area contributed by atoms with Crippen LogP contribution in [0.25, 0.3) is 0 Å². The van der Waals surface area contributed by atoms with Gasteiger partial charge < -0.3 is 15.0 Å². The van der Waals surface area contributed by atoms with Crippen molar-refractivity contribution in [2.24, 2.45) is 0 Å². The quantitative estimate of drug-likeness (QED) is 0.939. The highest BCUT2D eigenvalue weighted by Gasteiger charge is 2.24. The number of nitrogens with zero attached hydrogens (tertiary/aromatic N) is 3. The molecule has 0 atom stereocenters. The third-order valence-electron chi connectivity index (χ3n) is 3.68. The minimum atomic E-state index is 0.102. The normalized spacial score (nSPS) is 13.7. The lowest BCUT2D eigenvalue weighted by Crippen LogP contribution is -2.24. The summed E-state index contributed by atoms with van der Waals surface area (Å²) in [7, 11) is 1.59. The molecule has 0 bridgehead atoms. The molecule has 1 amide bonds. The van der Waals surface area contributed by atoms with Crippen molar-refractivity contribution < 1.29 is 9.53 Å². The number of nitrogens with one attached hydrogen (secondary N) is 1. The highest BCUT2D eigenvalue weighted by atomic mass is 16.5. The summed E-state index contributed by atoms with van der Waals surface area (Å²) in [5.74, 6) is 1.34. The second kappa shape index (κ2) is 6.36. The lowest BCUT2D eigenvalue weighted by Gasteiger charge is -2.20. The number of hydrogen-bond donors (Lipinski definition) is 1. The number of methoxy groups -OCH3 is 1. The summed E-state index contributed by atoms with van der Waals surface area (Å²) in [6, 6.07) is 12.7. The molecule has 0 radical (unpaired) electrons. The molecule has 1 aliphatic rings. The topological polar surface area (TPSA) is 78.2 Å². The van der Waals surface area contributed by atoms with E-state index < -0.39 is 0 Å². The SMILES string of the molecule is COc1ccc(Nc2cccc(C#N)n2)cc1N1CCCC1=O. The molecule has 116 valence electrons. The van der Waals surface area contributed by atoms with Crippen molar-refractivity contribution in [1.29, 1.82) is 5.26 Å². The van der Waals surface area contributed by atoms with Crippen LogP contribution in [-0.4, -0.2) is 24.5 Å². The van der Waals surface area contributed by atoms with Crippen LogP contribution >= 0.6 is 0 Å². The number of aromatic nitrogens is 1. The van der Waals surface area contributed by atoms with E-state index in [0.717, 1.165) is 17.8 Å². The first-order valence-electron chi connectivity index (χ1n) is 7.34. The van der Waals surface area contributed by atoms with Gasteiger partial charge in [0.15, 0.2) is 0 Å². The number of anilines is 3. The number of hydrogen-bond acceptors (Lipinski definition) is 5. The van der Waals surface area contributed by atoms with E-state index in [-0.39, 0.29) is 5.91 Å². The zero-order valence-corrected chi connectivity index (χ0v) is 12.7. The molecule has 6 nitrogen and oxygen atoms in total. The van der Waals surface area contributed by atoms with E-state index in [9.17, 15) is 4.79 Å². The minimum Gasteiger partial charge on any atom is -0.495 e. The van der Waals surface area contributed by atoms with E-state index in [1.807, 2.05) is 24.3 Å². The summed E-state index contributed by atoms with van der Waals surface area (Å²) in [6.07, 6.45) is 1.41. The van der Waals surface area contributed by atoms with Crippen LogP contribution in [0.4, 0.5) is 17.2 Å². The highest BCUT2D eigenvalue weighted by molar-refractivity contribution is 5.97. The number of amides is 1. The molecule has 1 aliphatic heterocycles. The molecule has 1 saturated heterocycles. The van der Waals surface area contributed by atoms with Gasteiger partial charge in [-0.15, -0.1) is 0 Å². The molecular weight excluding hydrogens is 292 g/mol. The predicted octanol–water partition coefficient (Wildman–Crippen LogP) is 2.83. The van der Waals surface area contributed by atoms with Crippen LogP contribution in [0, 0.1) is 11.3 Å². The third kappa shape index (κ3) is 3.09. The molecule has 0 unspecified atom stereocenters. The summed E-state index contributed by atoms with van der Waals surface area (Å²) in [4.78, 5) is 17.9. The number of carbonyl (C=O) groups excluding carboxylic acids is 1. The van der Waals surface area contributed by atoms with Gasteiger partial charge >= 0.3 is 0 Å². The number of pyridine rings is 1. The maximum absolute atomic E-state index is 12.0. The van der Waals surface area contributed by atoms with Crippen molar-refractivity contribution in [2.45, 2.75) is 12.8 Å². The molecule has 1 aromatic carbocycles. The standard InChI is InChI=1S/C17H16N4O2/c1-23-15-8-7-12(10-14(15)21-9-3-6-17(21)22)19-16-5-2-4-13(11-18)20-16/h2,4-5,7-8,10H,3,6,9H2,1H3,(H,19,20). The summed E-state index contributed by atoms with van der Waals surface area (Å²) in [6.45, 7) is 0.695. The Morgan fingerprint density at radius 1 is 1.35 bits per heavy atom. The summed E-state index contributed by atoms with van der Waals surface area (Å²) >= 11 is 0. The zero-order chi connectivity index (χ0) is 16.2. The van der Waals surface area contributed by atoms with Crippen LogP contribution in [-0.2, 0) is 4.79 Å². The zero-order valence-electron chi connectivity index (χ0n) is 12.7. The Morgan fingerprint density at radius 2 is 2.22 bits per heavy atom. The first kappa shape index (κ1) is 14.9. The molecule has 23 heavy (non-hydrogen) atoms. The summed E-state index contributed by atoms with van der Waals surface area (Å²) in [5.41, 5.74) is 1.87. The number of ether oxygens (including phenoxy) is 1. The van der Waals surface area contributed by atoms with Gasteiger partial charge in [0.1, 0.15) is 23.3 Å². The number of rotatable bonds is 4. The van der Waals surface area contributed by atoms with E-state index in [1.165, 1.54) is 0 Å². The average molecular weight is 308 g/mol. The van der Waals surface area contributed by atoms with E-state index in [2.05, 4.69) is 10.3 Å². The van der Waals surface area contributed by atoms with Gasteiger partial charge in [0.2, 0.25) is 5.91 Å². The third-order valence-corrected chi connectivity index (χ3v) is 3.68. The minimum absolute atomic E-state index is 0.102. The Labute approximate surface area is 134 Å². The van der Waals surface area contributed by atoms with Gasteiger partial charge in [0.25, 0.3) is 0 Å². The van der Waals surface area contributed by atoms with E-state index >= 15 is 0 Å². The van der Waals surface area contributed by atoms with Gasteiger partial charge in [-0.1, -0.05) is 6.07 Å². The number of nitriles is 1. The van der Waals surface area contributed by atoms with Gasteiger partial charge in [0.05, 0.1) is 12.8 Å². The highest BCUT2D eigenvalue weighted by Crippen LogP contribution is 2.34. The van der Waals surface area contributed by atoms with Crippen LogP contribution in [0.15, 0.2) is 36.4 Å². The average Bonchev–Trinajstić information content (AvgIpc) is 3.01. The van der Waals surface area contributed by atoms with E-state index in [4.69, 9.17) is 10.00 Å². The van der Waals surface area contributed by atoms with Gasteiger partial charge in [0, 0.05) is 18.7 Å². The molecule has 0 saturated carbocycles. The first-order valence-corrected chi connectivity index (χ1v) is 7.34. The van der Waals surface area contributed by atoms with Crippen molar-refractivity contribution in [3.63, 3.8) is 0 Å². The Hall–Kier alpha value is -3.07. The maximum Gasteiger partial charge on any atom is 0.227 e. The lowest BCUT2D eigenvalue weighted by atomic mass is 10.2. The molecule has 0 aliphatic carbocycles. The fourth-order valence-corrected chi connectivity index (χ4v) is 2.60. The van der Waals surface area contributed by atoms with Gasteiger partial charge in [-0.25, -0.2) is 4.98 Å². The summed E-state index contributed by atoms with van der Waals surface area (Å²) in [5, 5.41) is 12.1. The van der Waals surface area contributed by atoms with Crippen molar-refractivity contribution in [3.8, 4) is 11.8 Å². The van der Waals surface area contributed by atoms with Crippen LogP contribution in [0.3, 0.4) is 0 Å². The Kier molecular flexibility index (Phi) is 4.11. The summed E-state index contributed by atoms with van der Waals surface area (Å²) < 4.78 is 5.37. The van der Waals surface area contributed by atoms with Crippen molar-refractivity contribution in [2.75, 3.05) is 23.9 Å². The molecule has 1 aromatic heterocycles. The molecule has 1 fully saturated rings. The largest absolute Gasteiger partial charge is 0.495 e. The predicted molar refractivity (Wildman–Crippen MR) is 86.8 cm³/mol. The second-order valence-corrected chi connectivity index (χ2v) is 5.18. The molecule has 2 heterocycles. The van der Waals surface area contributed by atoms with Crippen LogP contribution < -0.4 is 15.0 Å². The molecule has 2 aromatic rings. The maximum atomic E-state index is 12.0. The molecule has 6 heteroatoms. The molecule has 1 N–H and O–H groups in total. The Bertz CT molecular complexity index is 782. The first-order chi connectivity index (χ1) is 11.2. The van der Waals surface area contributed by atoms with Gasteiger partial charge in [-0.3, -0.25) is 4.79 Å². The van der Waals surface area contributed by atoms with Crippen LogP contribution in [0.5, 0.6) is 5.75 Å². The Morgan fingerprint density at radius 3 is 2.91 bits per heavy atom. The monoisotopic (exact) mass is 308 g/mol. The lowest BCUT2D eigenvalue weighted by molar-refractivity contribution is -0.117. The molecule has 3 rings (SSSR count). The van der Waals surface area contributed by atoms with Gasteiger partial charge in [-0.2, -0.15) is 5.26 Å². The smallest absolute Gasteiger partial charge is 0.227 e. The molecular formula is C17H16N4O2. The fourth-order valence-electron chi connectivity index (χ4n) is 2.60. The number of benzene rings is 1. The fraction of sp³-hybridized carbons (Fsp3) is 0.235.